The maximum atomic E-state index is 10.6. The first-order valence-electron chi connectivity index (χ1n) is 13.5. The third-order valence-electron chi connectivity index (χ3n) is 10.8. The molecule has 176 valence electrons. The molecule has 4 saturated carbocycles. The summed E-state index contributed by atoms with van der Waals surface area (Å²) in [7, 11) is 0. The minimum absolute atomic E-state index is 0.405. The first-order chi connectivity index (χ1) is 15.3. The van der Waals surface area contributed by atoms with Crippen LogP contribution < -0.4 is 0 Å². The number of rotatable bonds is 5. The summed E-state index contributed by atoms with van der Waals surface area (Å²) < 4.78 is 1.94. The molecule has 4 aliphatic rings. The van der Waals surface area contributed by atoms with Gasteiger partial charge in [-0.15, -0.1) is 0 Å². The zero-order chi connectivity index (χ0) is 22.5. The Labute approximate surface area is 194 Å². The van der Waals surface area contributed by atoms with Crippen LogP contribution in [-0.4, -0.2) is 20.5 Å². The number of aliphatic hydroxyl groups is 1. The van der Waals surface area contributed by atoms with Crippen molar-refractivity contribution in [1.82, 2.24) is 9.78 Å². The van der Waals surface area contributed by atoms with Gasteiger partial charge in [0.1, 0.15) is 6.07 Å². The predicted octanol–water partition coefficient (Wildman–Crippen LogP) is 6.19. The van der Waals surface area contributed by atoms with Gasteiger partial charge in [-0.25, -0.2) is 0 Å². The molecule has 0 radical (unpaired) electrons. The van der Waals surface area contributed by atoms with Gasteiger partial charge in [-0.2, -0.15) is 10.4 Å². The Kier molecular flexibility index (Phi) is 5.94. The molecule has 1 heterocycles. The van der Waals surface area contributed by atoms with Crippen LogP contribution in [0.2, 0.25) is 0 Å². The van der Waals surface area contributed by atoms with E-state index >= 15 is 0 Å². The summed E-state index contributed by atoms with van der Waals surface area (Å²) in [5.74, 6) is 6.13. The van der Waals surface area contributed by atoms with Crippen LogP contribution in [0.4, 0.5) is 0 Å². The van der Waals surface area contributed by atoms with Crippen LogP contribution in [0.3, 0.4) is 0 Å². The molecule has 0 amide bonds. The fourth-order valence-electron chi connectivity index (χ4n) is 9.38. The van der Waals surface area contributed by atoms with Crippen molar-refractivity contribution in [3.05, 3.63) is 18.0 Å². The van der Waals surface area contributed by atoms with Crippen molar-refractivity contribution in [1.29, 1.82) is 5.26 Å². The van der Waals surface area contributed by atoms with E-state index in [4.69, 9.17) is 5.26 Å². The molecule has 0 bridgehead atoms. The van der Waals surface area contributed by atoms with Gasteiger partial charge in [0, 0.05) is 12.7 Å². The molecule has 9 atom stereocenters. The summed E-state index contributed by atoms with van der Waals surface area (Å²) in [5.41, 5.74) is 0.794. The lowest BCUT2D eigenvalue weighted by Crippen LogP contribution is -2.50. The number of hydrogen-bond donors (Lipinski definition) is 1. The van der Waals surface area contributed by atoms with Crippen LogP contribution in [0.5, 0.6) is 0 Å². The fourth-order valence-corrected chi connectivity index (χ4v) is 9.38. The molecule has 1 aromatic heterocycles. The number of nitriles is 1. The molecule has 1 N–H and O–H groups in total. The van der Waals surface area contributed by atoms with Crippen LogP contribution in [0, 0.1) is 58.2 Å². The monoisotopic (exact) mass is 437 g/mol. The second kappa shape index (κ2) is 8.46. The van der Waals surface area contributed by atoms with Crippen LogP contribution in [-0.2, 0) is 6.54 Å². The van der Waals surface area contributed by atoms with Gasteiger partial charge < -0.3 is 5.11 Å². The van der Waals surface area contributed by atoms with Crippen molar-refractivity contribution in [3.8, 4) is 6.07 Å². The quantitative estimate of drug-likeness (QED) is 0.597. The van der Waals surface area contributed by atoms with E-state index in [2.05, 4.69) is 31.9 Å². The van der Waals surface area contributed by atoms with Gasteiger partial charge in [0.05, 0.1) is 17.4 Å². The second-order valence-electron chi connectivity index (χ2n) is 12.6. The minimum Gasteiger partial charge on any atom is -0.390 e. The van der Waals surface area contributed by atoms with Gasteiger partial charge in [0.2, 0.25) is 0 Å². The smallest absolute Gasteiger partial charge is 0.102 e. The van der Waals surface area contributed by atoms with Crippen molar-refractivity contribution >= 4 is 0 Å². The number of aryl methyl sites for hydroxylation is 1. The first-order valence-corrected chi connectivity index (χ1v) is 13.5. The number of aromatic nitrogens is 2. The lowest BCUT2D eigenvalue weighted by atomic mass is 9.48. The van der Waals surface area contributed by atoms with Gasteiger partial charge in [-0.05, 0) is 124 Å². The largest absolute Gasteiger partial charge is 0.390 e. The van der Waals surface area contributed by atoms with Gasteiger partial charge in [-0.1, -0.05) is 13.8 Å². The summed E-state index contributed by atoms with van der Waals surface area (Å²) >= 11 is 0. The molecule has 5 rings (SSSR count). The van der Waals surface area contributed by atoms with Gasteiger partial charge >= 0.3 is 0 Å². The zero-order valence-corrected chi connectivity index (χ0v) is 20.5. The number of hydrogen-bond acceptors (Lipinski definition) is 3. The summed E-state index contributed by atoms with van der Waals surface area (Å²) in [6.45, 7) is 8.17. The van der Waals surface area contributed by atoms with Crippen LogP contribution in [0.15, 0.2) is 12.4 Å². The molecular weight excluding hydrogens is 394 g/mol. The molecule has 4 nitrogen and oxygen atoms in total. The highest BCUT2D eigenvalue weighted by Crippen LogP contribution is 2.65. The van der Waals surface area contributed by atoms with Crippen molar-refractivity contribution in [2.75, 3.05) is 0 Å². The van der Waals surface area contributed by atoms with Crippen molar-refractivity contribution in [3.63, 3.8) is 0 Å². The summed E-state index contributed by atoms with van der Waals surface area (Å²) in [6, 6.07) is 2.18. The van der Waals surface area contributed by atoms with Gasteiger partial charge in [-0.3, -0.25) is 4.68 Å². The van der Waals surface area contributed by atoms with Crippen LogP contribution >= 0.6 is 0 Å². The fraction of sp³-hybridized carbons (Fsp3) is 0.857. The average molecular weight is 438 g/mol. The van der Waals surface area contributed by atoms with E-state index in [1.54, 1.807) is 6.20 Å². The molecule has 0 unspecified atom stereocenters. The SMILES string of the molecule is C[C@H](CCCn1cc(C#N)cn1)[C@H]1CC[C@H]2[C@@H]3CC[C@@H]4C[C@](C)(O)CC[C@@H]4[C@H]3CC[C@]12C. The molecule has 4 fully saturated rings. The Balaban J connectivity index is 1.20. The molecule has 32 heavy (non-hydrogen) atoms. The van der Waals surface area contributed by atoms with Crippen LogP contribution in [0.1, 0.15) is 97.0 Å². The highest BCUT2D eigenvalue weighted by Gasteiger charge is 2.58. The lowest BCUT2D eigenvalue weighted by molar-refractivity contribution is -0.103. The Morgan fingerprint density at radius 3 is 2.72 bits per heavy atom. The van der Waals surface area contributed by atoms with Crippen LogP contribution in [0.25, 0.3) is 0 Å². The topological polar surface area (TPSA) is 61.8 Å². The lowest BCUT2D eigenvalue weighted by Gasteiger charge is -2.57. The van der Waals surface area contributed by atoms with E-state index in [1.807, 2.05) is 10.9 Å². The molecule has 0 aromatic carbocycles. The molecule has 0 saturated heterocycles. The van der Waals surface area contributed by atoms with E-state index in [0.717, 1.165) is 67.2 Å². The Bertz CT molecular complexity index is 853. The normalized spacial score (nSPS) is 44.2. The third-order valence-corrected chi connectivity index (χ3v) is 10.8. The average Bonchev–Trinajstić information content (AvgIpc) is 3.36. The molecule has 0 spiro atoms. The predicted molar refractivity (Wildman–Crippen MR) is 127 cm³/mol. The van der Waals surface area contributed by atoms with Crippen molar-refractivity contribution in [2.45, 2.75) is 104 Å². The second-order valence-corrected chi connectivity index (χ2v) is 12.6. The van der Waals surface area contributed by atoms with E-state index < -0.39 is 5.60 Å². The summed E-state index contributed by atoms with van der Waals surface area (Å²) in [5, 5.41) is 24.0. The standard InChI is InChI=1S/C28H43N3O/c1-19(5-4-14-31-18-20(16-29)17-30-31)25-8-9-26-24-7-6-21-15-27(2,32)12-10-22(21)23(24)11-13-28(25,26)3/h17-19,21-26,32H,4-15H2,1-3H3/t19-,21-,22+,23-,24-,25-,26+,27-,28-/m1/s1. The van der Waals surface area contributed by atoms with E-state index in [0.29, 0.717) is 11.0 Å². The van der Waals surface area contributed by atoms with Gasteiger partial charge in [0.15, 0.2) is 0 Å². The number of nitrogens with zero attached hydrogens (tertiary/aromatic N) is 3. The van der Waals surface area contributed by atoms with E-state index in [-0.39, 0.29) is 0 Å². The summed E-state index contributed by atoms with van der Waals surface area (Å²) in [6.07, 6.45) is 17.8. The van der Waals surface area contributed by atoms with Gasteiger partial charge in [0.25, 0.3) is 0 Å². The maximum Gasteiger partial charge on any atom is 0.102 e. The molecule has 0 aliphatic heterocycles. The third kappa shape index (κ3) is 3.93. The first kappa shape index (κ1) is 22.5. The molecule has 4 aliphatic carbocycles. The molecule has 1 aromatic rings. The van der Waals surface area contributed by atoms with Crippen molar-refractivity contribution in [2.24, 2.45) is 46.8 Å². The summed E-state index contributed by atoms with van der Waals surface area (Å²) in [4.78, 5) is 0. The molecule has 4 heteroatoms. The van der Waals surface area contributed by atoms with Crippen molar-refractivity contribution < 1.29 is 5.11 Å². The Morgan fingerprint density at radius 2 is 1.94 bits per heavy atom. The Hall–Kier alpha value is -1.34. The Morgan fingerprint density at radius 1 is 1.12 bits per heavy atom. The van der Waals surface area contributed by atoms with E-state index in [1.165, 1.54) is 51.4 Å². The molecular formula is C28H43N3O. The zero-order valence-electron chi connectivity index (χ0n) is 20.5. The number of fused-ring (bicyclic) bond motifs is 5. The highest BCUT2D eigenvalue weighted by atomic mass is 16.3. The highest BCUT2D eigenvalue weighted by molar-refractivity contribution is 5.21. The minimum atomic E-state index is -0.405. The maximum absolute atomic E-state index is 10.6. The van der Waals surface area contributed by atoms with E-state index in [9.17, 15) is 5.11 Å².